The second-order valence-corrected chi connectivity index (χ2v) is 4.74. The second-order valence-electron chi connectivity index (χ2n) is 4.74. The zero-order valence-corrected chi connectivity index (χ0v) is 10.7. The minimum absolute atomic E-state index is 0.398. The van der Waals surface area contributed by atoms with E-state index >= 15 is 0 Å². The number of nitrogens with zero attached hydrogens (tertiary/aromatic N) is 1. The fourth-order valence-corrected chi connectivity index (χ4v) is 2.35. The first-order valence-electron chi connectivity index (χ1n) is 6.49. The fraction of sp³-hybridized carbons (Fsp3) is 0.500. The Hall–Kier alpha value is -1.59. The summed E-state index contributed by atoms with van der Waals surface area (Å²) < 4.78 is 5.56. The van der Waals surface area contributed by atoms with Crippen molar-refractivity contribution < 1.29 is 19.7 Å². The highest BCUT2D eigenvalue weighted by atomic mass is 16.5. The number of aliphatic hydroxyl groups excluding tert-OH is 1. The second kappa shape index (κ2) is 6.54. The van der Waals surface area contributed by atoms with Crippen molar-refractivity contribution in [2.45, 2.75) is 25.0 Å². The van der Waals surface area contributed by atoms with Crippen LogP contribution in [0.25, 0.3) is 0 Å². The van der Waals surface area contributed by atoms with Gasteiger partial charge < -0.3 is 14.9 Å². The Labute approximate surface area is 112 Å². The first-order chi connectivity index (χ1) is 9.16. The van der Waals surface area contributed by atoms with Gasteiger partial charge in [0, 0.05) is 13.1 Å². The van der Waals surface area contributed by atoms with Gasteiger partial charge in [-0.3, -0.25) is 9.69 Å². The minimum Gasteiger partial charge on any atom is -0.492 e. The van der Waals surface area contributed by atoms with Crippen molar-refractivity contribution in [2.24, 2.45) is 0 Å². The van der Waals surface area contributed by atoms with E-state index in [1.807, 2.05) is 30.3 Å². The van der Waals surface area contributed by atoms with Crippen LogP contribution in [-0.2, 0) is 4.79 Å². The summed E-state index contributed by atoms with van der Waals surface area (Å²) in [7, 11) is 0. The van der Waals surface area contributed by atoms with Crippen LogP contribution in [-0.4, -0.2) is 52.9 Å². The molecule has 0 saturated carbocycles. The Morgan fingerprint density at radius 3 is 2.74 bits per heavy atom. The first kappa shape index (κ1) is 13.8. The molecule has 1 aliphatic rings. The highest BCUT2D eigenvalue weighted by molar-refractivity contribution is 5.73. The van der Waals surface area contributed by atoms with Crippen LogP contribution in [0.4, 0.5) is 0 Å². The van der Waals surface area contributed by atoms with E-state index < -0.39 is 18.1 Å². The molecule has 104 valence electrons. The van der Waals surface area contributed by atoms with Crippen molar-refractivity contribution in [1.82, 2.24) is 4.90 Å². The number of carboxylic acid groups (broad SMARTS) is 1. The van der Waals surface area contributed by atoms with Crippen LogP contribution in [0.2, 0.25) is 0 Å². The van der Waals surface area contributed by atoms with E-state index in [1.165, 1.54) is 0 Å². The van der Waals surface area contributed by atoms with E-state index in [4.69, 9.17) is 9.84 Å². The van der Waals surface area contributed by atoms with Gasteiger partial charge in [0.15, 0.2) is 0 Å². The average Bonchev–Trinajstić information content (AvgIpc) is 2.39. The Morgan fingerprint density at radius 2 is 2.05 bits per heavy atom. The zero-order valence-electron chi connectivity index (χ0n) is 10.7. The van der Waals surface area contributed by atoms with Gasteiger partial charge in [0.25, 0.3) is 0 Å². The lowest BCUT2D eigenvalue weighted by Gasteiger charge is -2.35. The van der Waals surface area contributed by atoms with Crippen LogP contribution in [0.1, 0.15) is 12.8 Å². The van der Waals surface area contributed by atoms with E-state index in [0.717, 1.165) is 5.75 Å². The lowest BCUT2D eigenvalue weighted by Crippen LogP contribution is -2.50. The molecule has 0 bridgehead atoms. The molecular weight excluding hydrogens is 246 g/mol. The van der Waals surface area contributed by atoms with E-state index in [0.29, 0.717) is 32.5 Å². The number of carbonyl (C=O) groups is 1. The molecule has 1 aromatic carbocycles. The van der Waals surface area contributed by atoms with Gasteiger partial charge in [-0.25, -0.2) is 0 Å². The molecule has 0 aliphatic carbocycles. The molecule has 0 spiro atoms. The summed E-state index contributed by atoms with van der Waals surface area (Å²) in [6, 6.07) is 8.90. The number of aliphatic hydroxyl groups is 1. The molecular formula is C14H19NO4. The first-order valence-corrected chi connectivity index (χ1v) is 6.49. The van der Waals surface area contributed by atoms with E-state index in [2.05, 4.69) is 0 Å². The topological polar surface area (TPSA) is 70.0 Å². The fourth-order valence-electron chi connectivity index (χ4n) is 2.35. The number of benzene rings is 1. The molecule has 0 amide bonds. The molecule has 1 fully saturated rings. The molecule has 0 radical (unpaired) electrons. The molecule has 2 unspecified atom stereocenters. The highest BCUT2D eigenvalue weighted by Crippen LogP contribution is 2.17. The highest BCUT2D eigenvalue weighted by Gasteiger charge is 2.31. The zero-order chi connectivity index (χ0) is 13.7. The van der Waals surface area contributed by atoms with Crippen LogP contribution in [0.3, 0.4) is 0 Å². The number of hydrogen-bond acceptors (Lipinski definition) is 4. The lowest BCUT2D eigenvalue weighted by molar-refractivity contribution is -0.146. The molecule has 5 heteroatoms. The van der Waals surface area contributed by atoms with Gasteiger partial charge in [0.1, 0.15) is 18.4 Å². The number of aliphatic carboxylic acids is 1. The molecule has 1 saturated heterocycles. The van der Waals surface area contributed by atoms with E-state index in [1.54, 1.807) is 4.90 Å². The number of hydrogen-bond donors (Lipinski definition) is 2. The van der Waals surface area contributed by atoms with Crippen molar-refractivity contribution in [3.63, 3.8) is 0 Å². The van der Waals surface area contributed by atoms with Crippen molar-refractivity contribution in [1.29, 1.82) is 0 Å². The number of carboxylic acids is 1. The predicted octanol–water partition coefficient (Wildman–Crippen LogP) is 0.975. The van der Waals surface area contributed by atoms with Crippen molar-refractivity contribution in [3.8, 4) is 5.75 Å². The quantitative estimate of drug-likeness (QED) is 0.830. The molecule has 19 heavy (non-hydrogen) atoms. The third-order valence-electron chi connectivity index (χ3n) is 3.33. The largest absolute Gasteiger partial charge is 0.492 e. The number of para-hydroxylation sites is 1. The van der Waals surface area contributed by atoms with Crippen molar-refractivity contribution >= 4 is 5.97 Å². The maximum atomic E-state index is 11.1. The summed E-state index contributed by atoms with van der Waals surface area (Å²) in [5, 5.41) is 18.8. The van der Waals surface area contributed by atoms with Crippen LogP contribution in [0, 0.1) is 0 Å². The maximum Gasteiger partial charge on any atom is 0.320 e. The van der Waals surface area contributed by atoms with Crippen LogP contribution >= 0.6 is 0 Å². The smallest absolute Gasteiger partial charge is 0.320 e. The van der Waals surface area contributed by atoms with Gasteiger partial charge in [0.05, 0.1) is 6.10 Å². The lowest BCUT2D eigenvalue weighted by atomic mass is 10.0. The summed E-state index contributed by atoms with van der Waals surface area (Å²) in [4.78, 5) is 12.9. The Kier molecular flexibility index (Phi) is 4.76. The van der Waals surface area contributed by atoms with Crippen LogP contribution in [0.15, 0.2) is 30.3 Å². The normalized spacial score (nSPS) is 24.1. The molecule has 0 aromatic heterocycles. The van der Waals surface area contributed by atoms with Crippen LogP contribution in [0.5, 0.6) is 5.75 Å². The third-order valence-corrected chi connectivity index (χ3v) is 3.33. The predicted molar refractivity (Wildman–Crippen MR) is 70.2 cm³/mol. The maximum absolute atomic E-state index is 11.1. The molecule has 1 aromatic rings. The SMILES string of the molecule is O=C(O)C1CCC(O)CN1CCOc1ccccc1. The van der Waals surface area contributed by atoms with Gasteiger partial charge in [-0.05, 0) is 25.0 Å². The molecule has 5 nitrogen and oxygen atoms in total. The average molecular weight is 265 g/mol. The van der Waals surface area contributed by atoms with Gasteiger partial charge in [-0.2, -0.15) is 0 Å². The molecule has 2 N–H and O–H groups in total. The summed E-state index contributed by atoms with van der Waals surface area (Å²) in [5.74, 6) is -0.0569. The van der Waals surface area contributed by atoms with Crippen molar-refractivity contribution in [2.75, 3.05) is 19.7 Å². The van der Waals surface area contributed by atoms with Gasteiger partial charge >= 0.3 is 5.97 Å². The summed E-state index contributed by atoms with van der Waals surface area (Å²) in [6.45, 7) is 1.32. The Bertz CT molecular complexity index is 409. The number of β-amino-alcohol motifs (C(OH)–C–C–N with tert-alkyl or cyclic N) is 1. The molecule has 2 rings (SSSR count). The third kappa shape index (κ3) is 3.94. The van der Waals surface area contributed by atoms with E-state index in [9.17, 15) is 9.90 Å². The number of ether oxygens (including phenoxy) is 1. The monoisotopic (exact) mass is 265 g/mol. The molecule has 1 heterocycles. The van der Waals surface area contributed by atoms with Gasteiger partial charge in [0.2, 0.25) is 0 Å². The molecule has 1 aliphatic heterocycles. The minimum atomic E-state index is -0.827. The number of likely N-dealkylation sites (tertiary alicyclic amines) is 1. The van der Waals surface area contributed by atoms with Crippen LogP contribution < -0.4 is 4.74 Å². The Balaban J connectivity index is 1.84. The van der Waals surface area contributed by atoms with E-state index in [-0.39, 0.29) is 0 Å². The number of piperidine rings is 1. The molecule has 2 atom stereocenters. The summed E-state index contributed by atoms with van der Waals surface area (Å²) in [5.41, 5.74) is 0. The van der Waals surface area contributed by atoms with Crippen molar-refractivity contribution in [3.05, 3.63) is 30.3 Å². The Morgan fingerprint density at radius 1 is 1.32 bits per heavy atom. The van der Waals surface area contributed by atoms with Gasteiger partial charge in [-0.15, -0.1) is 0 Å². The summed E-state index contributed by atoms with van der Waals surface area (Å²) >= 11 is 0. The standard InChI is InChI=1S/C14H19NO4/c16-11-6-7-13(14(17)18)15(10-11)8-9-19-12-4-2-1-3-5-12/h1-5,11,13,16H,6-10H2,(H,17,18). The van der Waals surface area contributed by atoms with Gasteiger partial charge in [-0.1, -0.05) is 18.2 Å². The number of rotatable bonds is 5. The summed E-state index contributed by atoms with van der Waals surface area (Å²) in [6.07, 6.45) is 0.599.